The van der Waals surface area contributed by atoms with Crippen LogP contribution < -0.4 is 5.32 Å². The minimum Gasteiger partial charge on any atom is -0.353 e. The van der Waals surface area contributed by atoms with Crippen molar-refractivity contribution in [3.05, 3.63) is 29.2 Å². The Kier molecular flexibility index (Phi) is 5.63. The van der Waals surface area contributed by atoms with Gasteiger partial charge >= 0.3 is 6.18 Å². The molecule has 0 unspecified atom stereocenters. The molecule has 4 heterocycles. The van der Waals surface area contributed by atoms with Gasteiger partial charge in [0.1, 0.15) is 5.69 Å². The molecule has 0 saturated carbocycles. The first-order chi connectivity index (χ1) is 14.7. The summed E-state index contributed by atoms with van der Waals surface area (Å²) in [6.07, 6.45) is -2.86. The molecule has 2 saturated heterocycles. The van der Waals surface area contributed by atoms with Gasteiger partial charge in [-0.2, -0.15) is 18.3 Å². The molecule has 31 heavy (non-hydrogen) atoms. The fourth-order valence-electron chi connectivity index (χ4n) is 4.32. The lowest BCUT2D eigenvalue weighted by Crippen LogP contribution is -2.55. The Bertz CT molecular complexity index is 1000. The number of fused-ring (bicyclic) bond motifs is 1. The molecule has 168 valence electrons. The van der Waals surface area contributed by atoms with Crippen molar-refractivity contribution in [1.82, 2.24) is 29.7 Å². The first-order valence-electron chi connectivity index (χ1n) is 10.4. The van der Waals surface area contributed by atoms with E-state index in [4.69, 9.17) is 0 Å². The Morgan fingerprint density at radius 3 is 2.74 bits per heavy atom. The predicted octanol–water partition coefficient (Wildman–Crippen LogP) is 1.79. The summed E-state index contributed by atoms with van der Waals surface area (Å²) in [5.74, 6) is -0.386. The van der Waals surface area contributed by atoms with Crippen LogP contribution in [0, 0.1) is 0 Å². The van der Waals surface area contributed by atoms with Crippen LogP contribution in [-0.4, -0.2) is 68.9 Å². The number of carbonyl (C=O) groups is 2. The molecule has 2 amide bonds. The third-order valence-corrected chi connectivity index (χ3v) is 6.03. The SMILES string of the molecule is CCc1cc(C(F)(F)F)n2nc([C@@H]3CCCN3C(=O)C[C@@H]3C(=O)NCCN3C)cc2n1. The molecule has 2 aromatic rings. The van der Waals surface area contributed by atoms with E-state index in [-0.39, 0.29) is 23.9 Å². The smallest absolute Gasteiger partial charge is 0.353 e. The summed E-state index contributed by atoms with van der Waals surface area (Å²) in [7, 11) is 1.80. The van der Waals surface area contributed by atoms with Crippen molar-refractivity contribution in [2.24, 2.45) is 0 Å². The molecular formula is C20H25F3N6O2. The highest BCUT2D eigenvalue weighted by molar-refractivity contribution is 5.89. The van der Waals surface area contributed by atoms with Crippen molar-refractivity contribution >= 4 is 17.5 Å². The number of likely N-dealkylation sites (N-methyl/N-ethyl adjacent to an activating group) is 1. The zero-order valence-electron chi connectivity index (χ0n) is 17.4. The van der Waals surface area contributed by atoms with Gasteiger partial charge in [-0.25, -0.2) is 9.50 Å². The number of halogens is 3. The molecule has 8 nitrogen and oxygen atoms in total. The first kappa shape index (κ1) is 21.5. The Labute approximate surface area is 177 Å². The van der Waals surface area contributed by atoms with Crippen LogP contribution in [0.5, 0.6) is 0 Å². The van der Waals surface area contributed by atoms with E-state index in [0.717, 1.165) is 17.0 Å². The Morgan fingerprint density at radius 1 is 1.29 bits per heavy atom. The second kappa shape index (κ2) is 8.10. The van der Waals surface area contributed by atoms with Crippen LogP contribution >= 0.6 is 0 Å². The summed E-state index contributed by atoms with van der Waals surface area (Å²) >= 11 is 0. The van der Waals surface area contributed by atoms with E-state index in [2.05, 4.69) is 15.4 Å². The number of aromatic nitrogens is 3. The van der Waals surface area contributed by atoms with Gasteiger partial charge < -0.3 is 10.2 Å². The van der Waals surface area contributed by atoms with Gasteiger partial charge in [0.15, 0.2) is 5.65 Å². The van der Waals surface area contributed by atoms with Gasteiger partial charge in [-0.3, -0.25) is 14.5 Å². The number of hydrogen-bond donors (Lipinski definition) is 1. The van der Waals surface area contributed by atoms with Gasteiger partial charge in [-0.15, -0.1) is 0 Å². The summed E-state index contributed by atoms with van der Waals surface area (Å²) in [5.41, 5.74) is -0.0418. The summed E-state index contributed by atoms with van der Waals surface area (Å²) < 4.78 is 41.5. The third kappa shape index (κ3) is 4.10. The number of amides is 2. The number of rotatable bonds is 4. The Balaban J connectivity index is 1.62. The van der Waals surface area contributed by atoms with Crippen molar-refractivity contribution < 1.29 is 22.8 Å². The number of nitrogens with zero attached hydrogens (tertiary/aromatic N) is 5. The maximum Gasteiger partial charge on any atom is 0.433 e. The third-order valence-electron chi connectivity index (χ3n) is 6.03. The van der Waals surface area contributed by atoms with E-state index in [0.29, 0.717) is 43.9 Å². The molecule has 0 radical (unpaired) electrons. The lowest BCUT2D eigenvalue weighted by atomic mass is 10.1. The highest BCUT2D eigenvalue weighted by Gasteiger charge is 2.38. The Hall–Kier alpha value is -2.69. The van der Waals surface area contributed by atoms with Gasteiger partial charge in [-0.05, 0) is 32.4 Å². The van der Waals surface area contributed by atoms with E-state index in [1.165, 1.54) is 6.07 Å². The van der Waals surface area contributed by atoms with Crippen molar-refractivity contribution in [3.63, 3.8) is 0 Å². The summed E-state index contributed by atoms with van der Waals surface area (Å²) in [5, 5.41) is 6.96. The maximum atomic E-state index is 13.6. The fraction of sp³-hybridized carbons (Fsp3) is 0.600. The van der Waals surface area contributed by atoms with Crippen molar-refractivity contribution in [2.45, 2.75) is 50.9 Å². The van der Waals surface area contributed by atoms with Gasteiger partial charge in [-0.1, -0.05) is 6.92 Å². The minimum atomic E-state index is -4.57. The van der Waals surface area contributed by atoms with E-state index >= 15 is 0 Å². The molecule has 1 N–H and O–H groups in total. The molecule has 2 aliphatic rings. The molecule has 0 spiro atoms. The van der Waals surface area contributed by atoms with Gasteiger partial charge in [0, 0.05) is 31.4 Å². The van der Waals surface area contributed by atoms with Gasteiger partial charge in [0.2, 0.25) is 11.8 Å². The molecule has 0 aliphatic carbocycles. The van der Waals surface area contributed by atoms with Crippen LogP contribution in [-0.2, 0) is 22.2 Å². The highest BCUT2D eigenvalue weighted by Crippen LogP contribution is 2.35. The number of carbonyl (C=O) groups excluding carboxylic acids is 2. The largest absolute Gasteiger partial charge is 0.433 e. The van der Waals surface area contributed by atoms with Crippen LogP contribution in [0.3, 0.4) is 0 Å². The van der Waals surface area contributed by atoms with Crippen LogP contribution in [0.2, 0.25) is 0 Å². The minimum absolute atomic E-state index is 0.0260. The lowest BCUT2D eigenvalue weighted by molar-refractivity contribution is -0.142. The average Bonchev–Trinajstić information content (AvgIpc) is 3.35. The second-order valence-corrected chi connectivity index (χ2v) is 8.06. The van der Waals surface area contributed by atoms with Crippen molar-refractivity contribution in [2.75, 3.05) is 26.7 Å². The van der Waals surface area contributed by atoms with E-state index in [1.807, 2.05) is 4.90 Å². The normalized spacial score (nSPS) is 22.9. The number of alkyl halides is 3. The van der Waals surface area contributed by atoms with Gasteiger partial charge in [0.05, 0.1) is 24.2 Å². The van der Waals surface area contributed by atoms with E-state index in [1.54, 1.807) is 18.9 Å². The monoisotopic (exact) mass is 438 g/mol. The van der Waals surface area contributed by atoms with E-state index in [9.17, 15) is 22.8 Å². The first-order valence-corrected chi connectivity index (χ1v) is 10.4. The summed E-state index contributed by atoms with van der Waals surface area (Å²) in [6, 6.07) is 1.56. The molecule has 2 atom stereocenters. The summed E-state index contributed by atoms with van der Waals surface area (Å²) in [6.45, 7) is 3.42. The van der Waals surface area contributed by atoms with Crippen LogP contribution in [0.1, 0.15) is 49.3 Å². The number of nitrogens with one attached hydrogen (secondary N) is 1. The zero-order valence-corrected chi connectivity index (χ0v) is 17.4. The zero-order chi connectivity index (χ0) is 22.3. The second-order valence-electron chi connectivity index (χ2n) is 8.06. The standard InChI is InChI=1S/C20H25F3N6O2/c1-3-12-9-16(20(21,22)23)29-17(25-12)10-13(26-29)14-5-4-7-28(14)18(30)11-15-19(31)24-6-8-27(15)2/h9-10,14-15H,3-8,11H2,1-2H3,(H,24,31)/t14-,15+/m0/s1. The predicted molar refractivity (Wildman–Crippen MR) is 105 cm³/mol. The molecule has 4 rings (SSSR count). The van der Waals surface area contributed by atoms with Crippen LogP contribution in [0.15, 0.2) is 12.1 Å². The van der Waals surface area contributed by atoms with Crippen LogP contribution in [0.4, 0.5) is 13.2 Å². The Morgan fingerprint density at radius 2 is 2.06 bits per heavy atom. The molecular weight excluding hydrogens is 413 g/mol. The number of hydrogen-bond acceptors (Lipinski definition) is 5. The highest BCUT2D eigenvalue weighted by atomic mass is 19.4. The summed E-state index contributed by atoms with van der Waals surface area (Å²) in [4.78, 5) is 32.9. The molecule has 2 fully saturated rings. The molecule has 2 aliphatic heterocycles. The maximum absolute atomic E-state index is 13.6. The molecule has 2 aromatic heterocycles. The molecule has 0 bridgehead atoms. The quantitative estimate of drug-likeness (QED) is 0.787. The average molecular weight is 438 g/mol. The molecule has 0 aromatic carbocycles. The number of aryl methyl sites for hydroxylation is 1. The lowest BCUT2D eigenvalue weighted by Gasteiger charge is -2.33. The fourth-order valence-corrected chi connectivity index (χ4v) is 4.32. The van der Waals surface area contributed by atoms with Crippen LogP contribution in [0.25, 0.3) is 5.65 Å². The topological polar surface area (TPSA) is 82.8 Å². The van der Waals surface area contributed by atoms with Crippen molar-refractivity contribution in [1.29, 1.82) is 0 Å². The van der Waals surface area contributed by atoms with Gasteiger partial charge in [0.25, 0.3) is 0 Å². The van der Waals surface area contributed by atoms with Crippen molar-refractivity contribution in [3.8, 4) is 0 Å². The molecule has 11 heteroatoms. The van der Waals surface area contributed by atoms with E-state index < -0.39 is 24.0 Å². The number of likely N-dealkylation sites (tertiary alicyclic amines) is 1. The number of piperazine rings is 1.